The Hall–Kier alpha value is 0.573. The summed E-state index contributed by atoms with van der Waals surface area (Å²) in [5.41, 5.74) is 2.56. The Bertz CT molecular complexity index is 165. The van der Waals surface area contributed by atoms with Crippen LogP contribution in [0.3, 0.4) is 0 Å². The number of halogens is 1. The summed E-state index contributed by atoms with van der Waals surface area (Å²) < 4.78 is 0. The van der Waals surface area contributed by atoms with Crippen molar-refractivity contribution in [3.05, 3.63) is 35.4 Å². The summed E-state index contributed by atoms with van der Waals surface area (Å²) >= 11 is 0. The van der Waals surface area contributed by atoms with Crippen LogP contribution in [0.4, 0.5) is 0 Å². The zero-order valence-electron chi connectivity index (χ0n) is 6.32. The molecule has 0 atom stereocenters. The molecule has 1 aromatic rings. The standard InChI is InChI=1S/C8H9.HI.Zn/c1-7-5-3-4-6-8(7)2;;/h3-5H,1-2H3;1H;/q-1;;+2/p-1. The largest absolute Gasteiger partial charge is 2.00 e. The number of hydrogen-bond donors (Lipinski definition) is 0. The Morgan fingerprint density at radius 2 is 1.90 bits per heavy atom. The third kappa shape index (κ3) is 3.67. The zero-order chi connectivity index (χ0) is 5.98. The van der Waals surface area contributed by atoms with Gasteiger partial charge in [-0.05, 0) is 0 Å². The van der Waals surface area contributed by atoms with Crippen molar-refractivity contribution in [2.45, 2.75) is 13.8 Å². The van der Waals surface area contributed by atoms with Crippen molar-refractivity contribution in [3.8, 4) is 0 Å². The maximum absolute atomic E-state index is 3.10. The van der Waals surface area contributed by atoms with Crippen LogP contribution in [-0.2, 0) is 19.5 Å². The molecule has 0 spiro atoms. The van der Waals surface area contributed by atoms with Crippen LogP contribution in [0.2, 0.25) is 0 Å². The van der Waals surface area contributed by atoms with Crippen molar-refractivity contribution in [2.75, 3.05) is 0 Å². The molecule has 0 aliphatic rings. The third-order valence-electron chi connectivity index (χ3n) is 1.33. The van der Waals surface area contributed by atoms with Gasteiger partial charge in [0.1, 0.15) is 0 Å². The molecule has 2 heteroatoms. The molecule has 0 unspecified atom stereocenters. The first-order valence-corrected chi connectivity index (χ1v) is 2.74. The average Bonchev–Trinajstić information content (AvgIpc) is 1.77. The molecule has 0 bridgehead atoms. The molecule has 0 heterocycles. The molecule has 0 amide bonds. The Kier molecular flexibility index (Phi) is 8.30. The summed E-state index contributed by atoms with van der Waals surface area (Å²) in [6.07, 6.45) is 0. The van der Waals surface area contributed by atoms with Gasteiger partial charge in [0, 0.05) is 0 Å². The molecule has 0 aliphatic carbocycles. The van der Waals surface area contributed by atoms with Gasteiger partial charge in [0.25, 0.3) is 0 Å². The SMILES string of the molecule is Cc1[c-]cccc1C.[I-].[Zn+2]. The summed E-state index contributed by atoms with van der Waals surface area (Å²) in [7, 11) is 0. The van der Waals surface area contributed by atoms with Crippen molar-refractivity contribution in [1.29, 1.82) is 0 Å². The van der Waals surface area contributed by atoms with Gasteiger partial charge in [0.15, 0.2) is 0 Å². The van der Waals surface area contributed by atoms with Gasteiger partial charge in [-0.15, -0.1) is 0 Å². The van der Waals surface area contributed by atoms with E-state index in [1.54, 1.807) is 0 Å². The molecular formula is C8H9IZn. The second kappa shape index (κ2) is 6.29. The molecule has 1 aromatic carbocycles. The monoisotopic (exact) mass is 296 g/mol. The minimum absolute atomic E-state index is 0. The van der Waals surface area contributed by atoms with E-state index in [-0.39, 0.29) is 43.5 Å². The first-order chi connectivity index (χ1) is 3.80. The first kappa shape index (κ1) is 13.2. The molecule has 0 saturated heterocycles. The average molecular weight is 297 g/mol. The number of aryl methyl sites for hydroxylation is 2. The normalized spacial score (nSPS) is 7.40. The Balaban J connectivity index is 0. The van der Waals surface area contributed by atoms with Crippen molar-refractivity contribution in [1.82, 2.24) is 0 Å². The minimum atomic E-state index is 0. The second-order valence-electron chi connectivity index (χ2n) is 1.98. The Morgan fingerprint density at radius 3 is 2.20 bits per heavy atom. The van der Waals surface area contributed by atoms with Crippen LogP contribution in [0.1, 0.15) is 11.1 Å². The molecule has 0 aromatic heterocycles. The van der Waals surface area contributed by atoms with Crippen LogP contribution in [0.5, 0.6) is 0 Å². The molecule has 0 fully saturated rings. The molecule has 10 heavy (non-hydrogen) atoms. The molecule has 0 saturated carbocycles. The van der Waals surface area contributed by atoms with Crippen LogP contribution in [0, 0.1) is 19.9 Å². The molecule has 50 valence electrons. The second-order valence-corrected chi connectivity index (χ2v) is 1.98. The van der Waals surface area contributed by atoms with Crippen molar-refractivity contribution < 1.29 is 43.5 Å². The van der Waals surface area contributed by atoms with Gasteiger partial charge in [-0.25, -0.2) is 0 Å². The van der Waals surface area contributed by atoms with Gasteiger partial charge >= 0.3 is 19.5 Å². The first-order valence-electron chi connectivity index (χ1n) is 2.74. The summed E-state index contributed by atoms with van der Waals surface area (Å²) in [5.74, 6) is 0. The van der Waals surface area contributed by atoms with E-state index in [0.717, 1.165) is 0 Å². The predicted octanol–water partition coefficient (Wildman–Crippen LogP) is -0.895. The maximum atomic E-state index is 3.10. The van der Waals surface area contributed by atoms with Gasteiger partial charge in [-0.2, -0.15) is 35.4 Å². The quantitative estimate of drug-likeness (QED) is 0.331. The molecule has 1 rings (SSSR count). The summed E-state index contributed by atoms with van der Waals surface area (Å²) in [5, 5.41) is 0. The fourth-order valence-corrected chi connectivity index (χ4v) is 0.604. The van der Waals surface area contributed by atoms with E-state index in [9.17, 15) is 0 Å². The molecule has 0 N–H and O–H groups in total. The van der Waals surface area contributed by atoms with E-state index >= 15 is 0 Å². The topological polar surface area (TPSA) is 0 Å². The minimum Gasteiger partial charge on any atom is -1.00 e. The maximum Gasteiger partial charge on any atom is 2.00 e. The summed E-state index contributed by atoms with van der Waals surface area (Å²) in [6.45, 7) is 4.15. The van der Waals surface area contributed by atoms with Crippen LogP contribution < -0.4 is 24.0 Å². The predicted molar refractivity (Wildman–Crippen MR) is 34.8 cm³/mol. The zero-order valence-corrected chi connectivity index (χ0v) is 11.4. The molecular weight excluding hydrogens is 288 g/mol. The van der Waals surface area contributed by atoms with Crippen molar-refractivity contribution in [3.63, 3.8) is 0 Å². The van der Waals surface area contributed by atoms with Gasteiger partial charge in [0.05, 0.1) is 0 Å². The Morgan fingerprint density at radius 1 is 1.30 bits per heavy atom. The number of hydrogen-bond acceptors (Lipinski definition) is 0. The van der Waals surface area contributed by atoms with Crippen LogP contribution in [0.15, 0.2) is 18.2 Å². The van der Waals surface area contributed by atoms with E-state index in [4.69, 9.17) is 0 Å². The molecule has 0 aliphatic heterocycles. The van der Waals surface area contributed by atoms with E-state index in [1.807, 2.05) is 12.1 Å². The molecule has 0 radical (unpaired) electrons. The third-order valence-corrected chi connectivity index (χ3v) is 1.33. The van der Waals surface area contributed by atoms with E-state index in [0.29, 0.717) is 0 Å². The summed E-state index contributed by atoms with van der Waals surface area (Å²) in [4.78, 5) is 0. The van der Waals surface area contributed by atoms with E-state index in [2.05, 4.69) is 26.0 Å². The van der Waals surface area contributed by atoms with E-state index < -0.39 is 0 Å². The van der Waals surface area contributed by atoms with Crippen LogP contribution in [0.25, 0.3) is 0 Å². The van der Waals surface area contributed by atoms with Crippen LogP contribution >= 0.6 is 0 Å². The summed E-state index contributed by atoms with van der Waals surface area (Å²) in [6, 6.07) is 9.12. The fourth-order valence-electron chi connectivity index (χ4n) is 0.604. The van der Waals surface area contributed by atoms with Gasteiger partial charge in [-0.1, -0.05) is 13.8 Å². The van der Waals surface area contributed by atoms with E-state index in [1.165, 1.54) is 11.1 Å². The number of benzene rings is 1. The van der Waals surface area contributed by atoms with Gasteiger partial charge in [-0.3, -0.25) is 0 Å². The fraction of sp³-hybridized carbons (Fsp3) is 0.250. The van der Waals surface area contributed by atoms with Crippen molar-refractivity contribution in [2.24, 2.45) is 0 Å². The molecule has 0 nitrogen and oxygen atoms in total. The van der Waals surface area contributed by atoms with Crippen LogP contribution in [-0.4, -0.2) is 0 Å². The van der Waals surface area contributed by atoms with Gasteiger partial charge in [0.2, 0.25) is 0 Å². The van der Waals surface area contributed by atoms with Gasteiger partial charge < -0.3 is 24.0 Å². The smallest absolute Gasteiger partial charge is 1.00 e. The Labute approximate surface area is 92.2 Å². The van der Waals surface area contributed by atoms with Crippen molar-refractivity contribution >= 4 is 0 Å². The number of rotatable bonds is 0.